The molecule has 0 aliphatic carbocycles. The van der Waals surface area contributed by atoms with Crippen molar-refractivity contribution in [3.8, 4) is 0 Å². The number of pyridine rings is 1. The fourth-order valence-corrected chi connectivity index (χ4v) is 4.64. The van der Waals surface area contributed by atoms with Crippen molar-refractivity contribution in [3.05, 3.63) is 41.6 Å². The first-order chi connectivity index (χ1) is 12.6. The van der Waals surface area contributed by atoms with Crippen molar-refractivity contribution >= 4 is 16.8 Å². The molecule has 2 atom stereocenters. The fourth-order valence-electron chi connectivity index (χ4n) is 4.64. The molecular formula is C21H28N4O. The van der Waals surface area contributed by atoms with E-state index in [-0.39, 0.29) is 5.92 Å². The maximum absolute atomic E-state index is 12.9. The van der Waals surface area contributed by atoms with Crippen LogP contribution in [-0.2, 0) is 11.3 Å². The second kappa shape index (κ2) is 6.97. The Bertz CT molecular complexity index is 815. The zero-order chi connectivity index (χ0) is 18.3. The van der Waals surface area contributed by atoms with Crippen LogP contribution in [0.1, 0.15) is 30.4 Å². The molecule has 2 aliphatic heterocycles. The van der Waals surface area contributed by atoms with Crippen LogP contribution >= 0.6 is 0 Å². The van der Waals surface area contributed by atoms with Crippen molar-refractivity contribution in [2.75, 3.05) is 33.2 Å². The van der Waals surface area contributed by atoms with E-state index in [2.05, 4.69) is 47.0 Å². The van der Waals surface area contributed by atoms with Gasteiger partial charge in [0.2, 0.25) is 5.91 Å². The third-order valence-electron chi connectivity index (χ3n) is 5.93. The van der Waals surface area contributed by atoms with Gasteiger partial charge >= 0.3 is 0 Å². The van der Waals surface area contributed by atoms with E-state index in [0.29, 0.717) is 24.3 Å². The van der Waals surface area contributed by atoms with E-state index in [9.17, 15) is 4.79 Å². The van der Waals surface area contributed by atoms with Crippen LogP contribution in [0.2, 0.25) is 0 Å². The highest BCUT2D eigenvalue weighted by Crippen LogP contribution is 2.35. The van der Waals surface area contributed by atoms with E-state index in [1.54, 1.807) is 0 Å². The van der Waals surface area contributed by atoms with Gasteiger partial charge < -0.3 is 15.5 Å². The van der Waals surface area contributed by atoms with Crippen molar-refractivity contribution in [3.63, 3.8) is 0 Å². The summed E-state index contributed by atoms with van der Waals surface area (Å²) in [6.07, 6.45) is 2.94. The predicted molar refractivity (Wildman–Crippen MR) is 104 cm³/mol. The first-order valence-corrected chi connectivity index (χ1v) is 9.60. The highest BCUT2D eigenvalue weighted by Gasteiger charge is 2.37. The van der Waals surface area contributed by atoms with Gasteiger partial charge in [-0.05, 0) is 36.6 Å². The van der Waals surface area contributed by atoms with E-state index in [0.717, 1.165) is 43.7 Å². The van der Waals surface area contributed by atoms with Gasteiger partial charge in [-0.25, -0.2) is 0 Å². The number of nitrogens with two attached hydrogens (primary N) is 1. The number of hydrogen-bond donors (Lipinski definition) is 1. The Morgan fingerprint density at radius 2 is 2.04 bits per heavy atom. The van der Waals surface area contributed by atoms with Crippen molar-refractivity contribution in [2.24, 2.45) is 17.6 Å². The molecule has 2 aliphatic rings. The zero-order valence-corrected chi connectivity index (χ0v) is 15.7. The van der Waals surface area contributed by atoms with E-state index in [1.165, 1.54) is 10.9 Å². The normalized spacial score (nSPS) is 24.7. The van der Waals surface area contributed by atoms with Gasteiger partial charge in [0, 0.05) is 50.2 Å². The summed E-state index contributed by atoms with van der Waals surface area (Å²) in [5.41, 5.74) is 9.29. The monoisotopic (exact) mass is 352 g/mol. The van der Waals surface area contributed by atoms with E-state index >= 15 is 0 Å². The van der Waals surface area contributed by atoms with Crippen LogP contribution in [0.3, 0.4) is 0 Å². The number of carbonyl (C=O) groups is 1. The summed E-state index contributed by atoms with van der Waals surface area (Å²) in [4.78, 5) is 21.8. The molecule has 138 valence electrons. The summed E-state index contributed by atoms with van der Waals surface area (Å²) >= 11 is 0. The van der Waals surface area contributed by atoms with E-state index in [1.807, 2.05) is 12.3 Å². The molecule has 2 N–H and O–H groups in total. The Hall–Kier alpha value is -1.98. The molecule has 0 saturated carbocycles. The first-order valence-electron chi connectivity index (χ1n) is 9.60. The summed E-state index contributed by atoms with van der Waals surface area (Å²) in [6, 6.07) is 8.44. The second-order valence-corrected chi connectivity index (χ2v) is 8.12. The second-order valence-electron chi connectivity index (χ2n) is 8.12. The van der Waals surface area contributed by atoms with Gasteiger partial charge in [-0.2, -0.15) is 0 Å². The minimum absolute atomic E-state index is 0.184. The van der Waals surface area contributed by atoms with E-state index < -0.39 is 0 Å². The molecule has 0 unspecified atom stereocenters. The van der Waals surface area contributed by atoms with Crippen molar-refractivity contribution < 1.29 is 4.79 Å². The number of fused-ring (bicyclic) bond motifs is 1. The number of aromatic nitrogens is 1. The quantitative estimate of drug-likeness (QED) is 0.920. The maximum atomic E-state index is 12.9. The minimum Gasteiger partial charge on any atom is -0.341 e. The number of nitrogens with zero attached hydrogens (tertiary/aromatic N) is 3. The SMILES string of the molecule is C[C@@H]1C[C@@H](c2ccc(CN)c3ncccc23)CN(C(=O)C2CN(C)C2)C1. The topological polar surface area (TPSA) is 62.5 Å². The molecule has 1 aromatic heterocycles. The van der Waals surface area contributed by atoms with Gasteiger partial charge in [0.1, 0.15) is 0 Å². The maximum Gasteiger partial charge on any atom is 0.228 e. The van der Waals surface area contributed by atoms with Crippen LogP contribution in [0.4, 0.5) is 0 Å². The first kappa shape index (κ1) is 17.4. The van der Waals surface area contributed by atoms with Crippen LogP contribution in [-0.4, -0.2) is 53.9 Å². The van der Waals surface area contributed by atoms with Gasteiger partial charge in [-0.1, -0.05) is 25.1 Å². The number of likely N-dealkylation sites (tertiary alicyclic amines) is 2. The number of piperidine rings is 1. The van der Waals surface area contributed by atoms with Crippen molar-refractivity contribution in [1.29, 1.82) is 0 Å². The Balaban J connectivity index is 1.63. The molecule has 4 rings (SSSR count). The fraction of sp³-hybridized carbons (Fsp3) is 0.524. The lowest BCUT2D eigenvalue weighted by molar-refractivity contribution is -0.142. The van der Waals surface area contributed by atoms with Gasteiger partial charge in [0.15, 0.2) is 0 Å². The molecule has 1 aromatic carbocycles. The molecule has 0 spiro atoms. The average Bonchev–Trinajstić information content (AvgIpc) is 2.63. The van der Waals surface area contributed by atoms with Gasteiger partial charge in [-0.15, -0.1) is 0 Å². The number of carbonyl (C=O) groups excluding carboxylic acids is 1. The lowest BCUT2D eigenvalue weighted by atomic mass is 9.82. The molecule has 0 radical (unpaired) electrons. The van der Waals surface area contributed by atoms with Gasteiger partial charge in [-0.3, -0.25) is 9.78 Å². The van der Waals surface area contributed by atoms with Gasteiger partial charge in [0.25, 0.3) is 0 Å². The van der Waals surface area contributed by atoms with Crippen LogP contribution in [0.15, 0.2) is 30.5 Å². The zero-order valence-electron chi connectivity index (χ0n) is 15.7. The average molecular weight is 352 g/mol. The van der Waals surface area contributed by atoms with Crippen LogP contribution in [0.25, 0.3) is 10.9 Å². The summed E-state index contributed by atoms with van der Waals surface area (Å²) in [7, 11) is 2.07. The van der Waals surface area contributed by atoms with Crippen LogP contribution in [0, 0.1) is 11.8 Å². The Kier molecular flexibility index (Phi) is 4.67. The predicted octanol–water partition coefficient (Wildman–Crippen LogP) is 2.21. The standard InChI is InChI=1S/C21H28N4O/c1-14-8-16(13-25(10-14)21(26)17-11-24(2)12-17)18-6-5-15(9-22)20-19(18)4-3-7-23-20/h3-7,14,16-17H,8-13,22H2,1-2H3/t14-,16-/m1/s1. The molecule has 0 bridgehead atoms. The number of amides is 1. The van der Waals surface area contributed by atoms with Gasteiger partial charge in [0.05, 0.1) is 11.4 Å². The Morgan fingerprint density at radius 3 is 2.77 bits per heavy atom. The third-order valence-corrected chi connectivity index (χ3v) is 5.93. The Morgan fingerprint density at radius 1 is 1.23 bits per heavy atom. The number of benzene rings is 1. The largest absolute Gasteiger partial charge is 0.341 e. The molecule has 26 heavy (non-hydrogen) atoms. The van der Waals surface area contributed by atoms with Crippen molar-refractivity contribution in [2.45, 2.75) is 25.8 Å². The summed E-state index contributed by atoms with van der Waals surface area (Å²) in [5, 5.41) is 1.19. The summed E-state index contributed by atoms with van der Waals surface area (Å²) in [5.74, 6) is 1.39. The highest BCUT2D eigenvalue weighted by molar-refractivity contribution is 5.86. The molecule has 2 saturated heterocycles. The van der Waals surface area contributed by atoms with Crippen LogP contribution in [0.5, 0.6) is 0 Å². The molecular weight excluding hydrogens is 324 g/mol. The lowest BCUT2D eigenvalue weighted by Gasteiger charge is -2.42. The van der Waals surface area contributed by atoms with Crippen molar-refractivity contribution in [1.82, 2.24) is 14.8 Å². The summed E-state index contributed by atoms with van der Waals surface area (Å²) in [6.45, 7) is 6.24. The summed E-state index contributed by atoms with van der Waals surface area (Å²) < 4.78 is 0. The Labute approximate surface area is 155 Å². The molecule has 2 fully saturated rings. The minimum atomic E-state index is 0.184. The smallest absolute Gasteiger partial charge is 0.228 e. The highest BCUT2D eigenvalue weighted by atomic mass is 16.2. The van der Waals surface area contributed by atoms with Crippen LogP contribution < -0.4 is 5.73 Å². The molecule has 1 amide bonds. The number of rotatable bonds is 3. The lowest BCUT2D eigenvalue weighted by Crippen LogP contribution is -2.55. The third kappa shape index (κ3) is 3.10. The molecule has 3 heterocycles. The molecule has 5 heteroatoms. The molecule has 2 aromatic rings. The van der Waals surface area contributed by atoms with E-state index in [4.69, 9.17) is 5.73 Å². The number of hydrogen-bond acceptors (Lipinski definition) is 4. The molecule has 5 nitrogen and oxygen atoms in total.